The first kappa shape index (κ1) is 16.8. The monoisotopic (exact) mass is 384 g/mol. The van der Waals surface area contributed by atoms with Crippen molar-refractivity contribution in [1.82, 2.24) is 5.43 Å². The van der Waals surface area contributed by atoms with Gasteiger partial charge in [0, 0.05) is 16.2 Å². The Morgan fingerprint density at radius 2 is 1.65 bits per heavy atom. The minimum atomic E-state index is -0.828. The van der Waals surface area contributed by atoms with Gasteiger partial charge in [0.25, 0.3) is 5.91 Å². The van der Waals surface area contributed by atoms with E-state index in [9.17, 15) is 18.4 Å². The Labute approximate surface area is 138 Å². The number of amides is 3. The number of halogens is 3. The Kier molecular flexibility index (Phi) is 5.24. The van der Waals surface area contributed by atoms with Crippen LogP contribution in [-0.2, 0) is 0 Å². The molecule has 0 saturated heterocycles. The zero-order valence-corrected chi connectivity index (χ0v) is 13.1. The molecule has 9 heteroatoms. The molecule has 0 aliphatic rings. The van der Waals surface area contributed by atoms with Crippen molar-refractivity contribution in [2.45, 2.75) is 0 Å². The number of carbonyl (C=O) groups excluding carboxylic acids is 2. The van der Waals surface area contributed by atoms with E-state index in [2.05, 4.69) is 26.6 Å². The number of nitrogens with two attached hydrogens (primary N) is 1. The minimum absolute atomic E-state index is 0.0696. The molecule has 0 aromatic heterocycles. The Bertz CT molecular complexity index is 750. The van der Waals surface area contributed by atoms with E-state index in [1.165, 1.54) is 12.1 Å². The van der Waals surface area contributed by atoms with Crippen LogP contribution in [-0.4, -0.2) is 11.9 Å². The van der Waals surface area contributed by atoms with Crippen LogP contribution < -0.4 is 21.9 Å². The van der Waals surface area contributed by atoms with Crippen molar-refractivity contribution in [2.24, 2.45) is 5.84 Å². The smallest absolute Gasteiger partial charge is 0.308 e. The van der Waals surface area contributed by atoms with Crippen molar-refractivity contribution in [3.8, 4) is 0 Å². The van der Waals surface area contributed by atoms with Crippen molar-refractivity contribution < 1.29 is 18.4 Å². The number of hydrazine groups is 1. The second kappa shape index (κ2) is 7.16. The zero-order valence-electron chi connectivity index (χ0n) is 11.5. The van der Waals surface area contributed by atoms with Gasteiger partial charge in [-0.25, -0.2) is 19.4 Å². The summed E-state index contributed by atoms with van der Waals surface area (Å²) in [7, 11) is 0. The van der Waals surface area contributed by atoms with E-state index in [0.717, 1.165) is 12.1 Å². The maximum atomic E-state index is 13.1. The van der Waals surface area contributed by atoms with Crippen LogP contribution in [0.5, 0.6) is 0 Å². The van der Waals surface area contributed by atoms with Gasteiger partial charge in [-0.1, -0.05) is 15.9 Å². The van der Waals surface area contributed by atoms with Crippen LogP contribution >= 0.6 is 15.9 Å². The maximum absolute atomic E-state index is 13.1. The van der Waals surface area contributed by atoms with Crippen LogP contribution in [0.15, 0.2) is 40.9 Å². The number of benzene rings is 2. The third-order valence-corrected chi connectivity index (χ3v) is 3.22. The SMILES string of the molecule is NNC(=O)c1ccc(Br)cc1NC(=O)Nc1cc(F)cc(F)c1. The summed E-state index contributed by atoms with van der Waals surface area (Å²) in [6, 6.07) is 6.34. The van der Waals surface area contributed by atoms with Gasteiger partial charge in [-0.05, 0) is 30.3 Å². The van der Waals surface area contributed by atoms with E-state index >= 15 is 0 Å². The summed E-state index contributed by atoms with van der Waals surface area (Å²) in [5.74, 6) is 2.81. The molecule has 0 saturated carbocycles. The fraction of sp³-hybridized carbons (Fsp3) is 0. The average molecular weight is 385 g/mol. The lowest BCUT2D eigenvalue weighted by Gasteiger charge is -2.12. The minimum Gasteiger partial charge on any atom is -0.308 e. The van der Waals surface area contributed by atoms with E-state index in [0.29, 0.717) is 10.5 Å². The highest BCUT2D eigenvalue weighted by Gasteiger charge is 2.13. The highest BCUT2D eigenvalue weighted by Crippen LogP contribution is 2.22. The van der Waals surface area contributed by atoms with E-state index in [4.69, 9.17) is 5.84 Å². The predicted octanol–water partition coefficient (Wildman–Crippen LogP) is 2.97. The maximum Gasteiger partial charge on any atom is 0.323 e. The molecule has 5 N–H and O–H groups in total. The third-order valence-electron chi connectivity index (χ3n) is 2.73. The molecule has 0 fully saturated rings. The normalized spacial score (nSPS) is 10.1. The molecule has 0 heterocycles. The molecule has 0 bridgehead atoms. The molecule has 0 radical (unpaired) electrons. The summed E-state index contributed by atoms with van der Waals surface area (Å²) < 4.78 is 26.8. The van der Waals surface area contributed by atoms with E-state index in [1.807, 2.05) is 5.43 Å². The second-order valence-corrected chi connectivity index (χ2v) is 5.32. The van der Waals surface area contributed by atoms with Gasteiger partial charge in [-0.2, -0.15) is 0 Å². The second-order valence-electron chi connectivity index (χ2n) is 4.40. The molecule has 3 amide bonds. The molecule has 2 aromatic carbocycles. The fourth-order valence-corrected chi connectivity index (χ4v) is 2.17. The average Bonchev–Trinajstić information content (AvgIpc) is 2.45. The van der Waals surface area contributed by atoms with Crippen molar-refractivity contribution >= 4 is 39.2 Å². The predicted molar refractivity (Wildman–Crippen MR) is 84.8 cm³/mol. The molecule has 2 rings (SSSR count). The number of hydrogen-bond acceptors (Lipinski definition) is 3. The van der Waals surface area contributed by atoms with Crippen molar-refractivity contribution in [3.05, 3.63) is 58.1 Å². The van der Waals surface area contributed by atoms with Gasteiger partial charge in [-0.3, -0.25) is 10.2 Å². The van der Waals surface area contributed by atoms with Gasteiger partial charge in [0.1, 0.15) is 11.6 Å². The molecule has 2 aromatic rings. The fourth-order valence-electron chi connectivity index (χ4n) is 1.81. The molecule has 6 nitrogen and oxygen atoms in total. The van der Waals surface area contributed by atoms with Crippen molar-refractivity contribution in [2.75, 3.05) is 10.6 Å². The van der Waals surface area contributed by atoms with Gasteiger partial charge >= 0.3 is 6.03 Å². The number of rotatable bonds is 3. The molecule has 0 unspecified atom stereocenters. The van der Waals surface area contributed by atoms with Crippen LogP contribution in [0.3, 0.4) is 0 Å². The first-order valence-electron chi connectivity index (χ1n) is 6.23. The van der Waals surface area contributed by atoms with Crippen LogP contribution in [0.4, 0.5) is 25.0 Å². The quantitative estimate of drug-likeness (QED) is 0.372. The lowest BCUT2D eigenvalue weighted by atomic mass is 10.1. The van der Waals surface area contributed by atoms with Crippen molar-refractivity contribution in [3.63, 3.8) is 0 Å². The topological polar surface area (TPSA) is 96.2 Å². The van der Waals surface area contributed by atoms with Crippen LogP contribution in [0, 0.1) is 11.6 Å². The lowest BCUT2D eigenvalue weighted by Crippen LogP contribution is -2.31. The summed E-state index contributed by atoms with van der Waals surface area (Å²) >= 11 is 3.21. The number of anilines is 2. The molecule has 0 aliphatic heterocycles. The number of carbonyl (C=O) groups is 2. The van der Waals surface area contributed by atoms with Crippen LogP contribution in [0.2, 0.25) is 0 Å². The number of nitrogen functional groups attached to an aromatic ring is 1. The Hall–Kier alpha value is -2.52. The third kappa shape index (κ3) is 4.47. The Morgan fingerprint density at radius 3 is 2.26 bits per heavy atom. The number of hydrogen-bond donors (Lipinski definition) is 4. The molecular formula is C14H11BrF2N4O2. The first-order valence-corrected chi connectivity index (χ1v) is 7.03. The highest BCUT2D eigenvalue weighted by molar-refractivity contribution is 9.10. The van der Waals surface area contributed by atoms with Gasteiger partial charge in [0.05, 0.1) is 11.3 Å². The summed E-state index contributed by atoms with van der Waals surface area (Å²) in [5, 5.41) is 4.68. The van der Waals surface area contributed by atoms with Gasteiger partial charge in [-0.15, -0.1) is 0 Å². The molecular weight excluding hydrogens is 374 g/mol. The van der Waals surface area contributed by atoms with E-state index in [1.54, 1.807) is 6.07 Å². The summed E-state index contributed by atoms with van der Waals surface area (Å²) in [6.07, 6.45) is 0. The Morgan fingerprint density at radius 1 is 1.00 bits per heavy atom. The molecule has 0 atom stereocenters. The highest BCUT2D eigenvalue weighted by atomic mass is 79.9. The molecule has 23 heavy (non-hydrogen) atoms. The Balaban J connectivity index is 2.19. The van der Waals surface area contributed by atoms with Crippen molar-refractivity contribution in [1.29, 1.82) is 0 Å². The van der Waals surface area contributed by atoms with Gasteiger partial charge in [0.15, 0.2) is 0 Å². The number of nitrogens with one attached hydrogen (secondary N) is 3. The lowest BCUT2D eigenvalue weighted by molar-refractivity contribution is 0.0954. The molecule has 0 spiro atoms. The van der Waals surface area contributed by atoms with Crippen LogP contribution in [0.25, 0.3) is 0 Å². The standard InChI is InChI=1S/C14H11BrF2N4O2/c15-7-1-2-11(13(22)21-18)12(3-7)20-14(23)19-10-5-8(16)4-9(17)6-10/h1-6H,18H2,(H,21,22)(H2,19,20,23). The zero-order chi connectivity index (χ0) is 17.0. The largest absolute Gasteiger partial charge is 0.323 e. The summed E-state index contributed by atoms with van der Waals surface area (Å²) in [6.45, 7) is 0. The molecule has 0 aliphatic carbocycles. The van der Waals surface area contributed by atoms with Gasteiger partial charge < -0.3 is 10.6 Å². The van der Waals surface area contributed by atoms with Gasteiger partial charge in [0.2, 0.25) is 0 Å². The van der Waals surface area contributed by atoms with E-state index in [-0.39, 0.29) is 16.9 Å². The number of urea groups is 1. The summed E-state index contributed by atoms with van der Waals surface area (Å²) in [4.78, 5) is 23.6. The first-order chi connectivity index (χ1) is 10.9. The van der Waals surface area contributed by atoms with Crippen LogP contribution in [0.1, 0.15) is 10.4 Å². The summed E-state index contributed by atoms with van der Waals surface area (Å²) in [5.41, 5.74) is 2.17. The van der Waals surface area contributed by atoms with E-state index < -0.39 is 23.6 Å². The molecule has 120 valence electrons.